The number of methoxy groups -OCH3 is 1. The molecule has 9 heteroatoms. The first kappa shape index (κ1) is 20.6. The van der Waals surface area contributed by atoms with Crippen LogP contribution in [0.3, 0.4) is 0 Å². The molecule has 1 aliphatic rings. The summed E-state index contributed by atoms with van der Waals surface area (Å²) < 4.78 is 24.2. The van der Waals surface area contributed by atoms with Gasteiger partial charge in [0.25, 0.3) is 0 Å². The summed E-state index contributed by atoms with van der Waals surface area (Å²) in [7, 11) is 0.366. The number of hydrogen-bond acceptors (Lipinski definition) is 6. The lowest BCUT2D eigenvalue weighted by Gasteiger charge is -2.16. The number of carboxylic acids is 1. The number of nitrogens with zero attached hydrogens (tertiary/aromatic N) is 2. The van der Waals surface area contributed by atoms with Gasteiger partial charge in [-0.15, -0.1) is 0 Å². The maximum atomic E-state index is 11.8. The number of benzene rings is 1. The second-order valence-electron chi connectivity index (χ2n) is 8.14. The summed E-state index contributed by atoms with van der Waals surface area (Å²) in [4.78, 5) is 11.8. The molecule has 154 valence electrons. The molecule has 3 rings (SSSR count). The van der Waals surface area contributed by atoms with E-state index >= 15 is 0 Å². The summed E-state index contributed by atoms with van der Waals surface area (Å²) >= 11 is 0. The predicted octanol–water partition coefficient (Wildman–Crippen LogP) is 3.22. The first-order chi connectivity index (χ1) is 13.3. The third-order valence-corrected chi connectivity index (χ3v) is 6.30. The van der Waals surface area contributed by atoms with Crippen molar-refractivity contribution in [2.45, 2.75) is 44.9 Å². The van der Waals surface area contributed by atoms with Crippen LogP contribution in [0.1, 0.15) is 16.8 Å². The zero-order valence-electron chi connectivity index (χ0n) is 16.9. The van der Waals surface area contributed by atoms with Crippen LogP contribution < -0.4 is 9.47 Å². The van der Waals surface area contributed by atoms with Crippen molar-refractivity contribution in [3.8, 4) is 11.5 Å². The fourth-order valence-corrected chi connectivity index (χ4v) is 3.79. The predicted molar refractivity (Wildman–Crippen MR) is 107 cm³/mol. The Bertz CT molecular complexity index is 839. The number of hydrogen-bond donors (Lipinski definition) is 1. The lowest BCUT2D eigenvalue weighted by molar-refractivity contribution is 0.0696. The monoisotopic (exact) mass is 408 g/mol. The van der Waals surface area contributed by atoms with Gasteiger partial charge in [0.1, 0.15) is 18.4 Å². The summed E-state index contributed by atoms with van der Waals surface area (Å²) in [6.45, 7) is 8.90. The van der Waals surface area contributed by atoms with E-state index in [4.69, 9.17) is 18.9 Å². The standard InChI is InChI=1S/C19H28N2O6Si/c1-24-18-15-10-21(12-26-7-8-28(2,3)4)20-17(15)14(19(22)23)9-16(18)27-13-5-6-25-11-13/h9-10,13H,5-8,11-12H2,1-4H3,(H,22,23)/t13-/m0/s1. The fraction of sp³-hybridized carbons (Fsp3) is 0.579. The number of aromatic nitrogens is 2. The van der Waals surface area contributed by atoms with Gasteiger partial charge in [-0.25, -0.2) is 9.48 Å². The van der Waals surface area contributed by atoms with Crippen LogP contribution in [0.5, 0.6) is 11.5 Å². The Balaban J connectivity index is 1.88. The van der Waals surface area contributed by atoms with Crippen molar-refractivity contribution in [3.05, 3.63) is 17.8 Å². The first-order valence-corrected chi connectivity index (χ1v) is 13.1. The summed E-state index contributed by atoms with van der Waals surface area (Å²) in [6.07, 6.45) is 2.38. The molecular weight excluding hydrogens is 380 g/mol. The average Bonchev–Trinajstić information content (AvgIpc) is 3.26. The molecule has 0 saturated carbocycles. The van der Waals surface area contributed by atoms with Gasteiger partial charge in [0.2, 0.25) is 0 Å². The number of rotatable bonds is 9. The molecule has 28 heavy (non-hydrogen) atoms. The molecule has 0 radical (unpaired) electrons. The van der Waals surface area contributed by atoms with Crippen LogP contribution in [0.15, 0.2) is 12.3 Å². The highest BCUT2D eigenvalue weighted by molar-refractivity contribution is 6.76. The van der Waals surface area contributed by atoms with E-state index in [1.807, 2.05) is 0 Å². The Morgan fingerprint density at radius 3 is 2.82 bits per heavy atom. The lowest BCUT2D eigenvalue weighted by atomic mass is 10.1. The maximum absolute atomic E-state index is 11.8. The minimum Gasteiger partial charge on any atom is -0.492 e. The third-order valence-electron chi connectivity index (χ3n) is 4.60. The topological polar surface area (TPSA) is 92.0 Å². The Morgan fingerprint density at radius 1 is 1.43 bits per heavy atom. The summed E-state index contributed by atoms with van der Waals surface area (Å²) in [6, 6.07) is 2.53. The van der Waals surface area contributed by atoms with Gasteiger partial charge in [-0.1, -0.05) is 19.6 Å². The van der Waals surface area contributed by atoms with Gasteiger partial charge in [0.05, 0.1) is 31.3 Å². The van der Waals surface area contributed by atoms with Gasteiger partial charge in [0.15, 0.2) is 11.5 Å². The lowest BCUT2D eigenvalue weighted by Crippen LogP contribution is -2.22. The summed E-state index contributed by atoms with van der Waals surface area (Å²) in [5, 5.41) is 14.6. The van der Waals surface area contributed by atoms with Gasteiger partial charge in [0, 0.05) is 33.4 Å². The molecule has 0 spiro atoms. The summed E-state index contributed by atoms with van der Waals surface area (Å²) in [5.74, 6) is -0.201. The number of aromatic carboxylic acids is 1. The second-order valence-corrected chi connectivity index (χ2v) is 13.8. The van der Waals surface area contributed by atoms with Crippen molar-refractivity contribution in [1.82, 2.24) is 9.78 Å². The number of fused-ring (bicyclic) bond motifs is 1. The Hall–Kier alpha value is -2.10. The van der Waals surface area contributed by atoms with Crippen molar-refractivity contribution in [2.75, 3.05) is 26.9 Å². The summed E-state index contributed by atoms with van der Waals surface area (Å²) in [5.41, 5.74) is 0.429. The van der Waals surface area contributed by atoms with Crippen LogP contribution >= 0.6 is 0 Å². The van der Waals surface area contributed by atoms with E-state index in [1.54, 1.807) is 10.9 Å². The third kappa shape index (κ3) is 4.84. The molecule has 1 saturated heterocycles. The van der Waals surface area contributed by atoms with E-state index < -0.39 is 14.0 Å². The molecular formula is C19H28N2O6Si. The smallest absolute Gasteiger partial charge is 0.338 e. The van der Waals surface area contributed by atoms with E-state index in [0.29, 0.717) is 42.2 Å². The highest BCUT2D eigenvalue weighted by Gasteiger charge is 2.25. The Kier molecular flexibility index (Phi) is 6.26. The maximum Gasteiger partial charge on any atom is 0.338 e. The molecule has 0 unspecified atom stereocenters. The molecule has 1 aromatic carbocycles. The van der Waals surface area contributed by atoms with E-state index in [-0.39, 0.29) is 18.4 Å². The van der Waals surface area contributed by atoms with Crippen molar-refractivity contribution >= 4 is 24.9 Å². The molecule has 1 N–H and O–H groups in total. The molecule has 2 heterocycles. The van der Waals surface area contributed by atoms with E-state index in [2.05, 4.69) is 24.7 Å². The molecule has 0 bridgehead atoms. The van der Waals surface area contributed by atoms with Crippen molar-refractivity contribution in [1.29, 1.82) is 0 Å². The number of carbonyl (C=O) groups is 1. The van der Waals surface area contributed by atoms with E-state index in [1.165, 1.54) is 13.2 Å². The van der Waals surface area contributed by atoms with Crippen LogP contribution in [0.4, 0.5) is 0 Å². The van der Waals surface area contributed by atoms with Crippen LogP contribution in [0.25, 0.3) is 10.9 Å². The quantitative estimate of drug-likeness (QED) is 0.503. The molecule has 1 aromatic heterocycles. The van der Waals surface area contributed by atoms with Gasteiger partial charge < -0.3 is 24.1 Å². The van der Waals surface area contributed by atoms with Crippen molar-refractivity contribution in [3.63, 3.8) is 0 Å². The van der Waals surface area contributed by atoms with Crippen LogP contribution in [0.2, 0.25) is 25.7 Å². The van der Waals surface area contributed by atoms with Gasteiger partial charge in [-0.05, 0) is 6.04 Å². The van der Waals surface area contributed by atoms with Crippen LogP contribution in [-0.2, 0) is 16.2 Å². The zero-order valence-corrected chi connectivity index (χ0v) is 17.9. The van der Waals surface area contributed by atoms with Gasteiger partial charge in [-0.3, -0.25) is 0 Å². The van der Waals surface area contributed by atoms with Crippen LogP contribution in [0, 0.1) is 0 Å². The minimum atomic E-state index is -1.17. The minimum absolute atomic E-state index is 0.0746. The van der Waals surface area contributed by atoms with Gasteiger partial charge in [-0.2, -0.15) is 5.10 Å². The number of carboxylic acid groups (broad SMARTS) is 1. The highest BCUT2D eigenvalue weighted by atomic mass is 28.3. The largest absolute Gasteiger partial charge is 0.492 e. The molecule has 1 aliphatic heterocycles. The Labute approximate surface area is 165 Å². The SMILES string of the molecule is COc1c(O[C@H]2CCOC2)cc(C(=O)O)c2nn(COCC[Si](C)(C)C)cc12. The number of ether oxygens (including phenoxy) is 4. The second kappa shape index (κ2) is 8.50. The van der Waals surface area contributed by atoms with Crippen molar-refractivity contribution < 1.29 is 28.8 Å². The zero-order chi connectivity index (χ0) is 20.3. The average molecular weight is 409 g/mol. The molecule has 1 atom stereocenters. The molecule has 0 amide bonds. The molecule has 8 nitrogen and oxygen atoms in total. The normalized spacial score (nSPS) is 17.2. The molecule has 2 aromatic rings. The van der Waals surface area contributed by atoms with E-state index in [9.17, 15) is 9.90 Å². The fourth-order valence-electron chi connectivity index (χ4n) is 3.03. The van der Waals surface area contributed by atoms with Crippen molar-refractivity contribution in [2.24, 2.45) is 0 Å². The molecule has 1 fully saturated rings. The molecule has 0 aliphatic carbocycles. The first-order valence-electron chi connectivity index (χ1n) is 9.42. The van der Waals surface area contributed by atoms with E-state index in [0.717, 1.165) is 12.5 Å². The Morgan fingerprint density at radius 2 is 2.21 bits per heavy atom. The van der Waals surface area contributed by atoms with Crippen LogP contribution in [-0.4, -0.2) is 62.0 Å². The van der Waals surface area contributed by atoms with Gasteiger partial charge >= 0.3 is 5.97 Å². The highest BCUT2D eigenvalue weighted by Crippen LogP contribution is 2.38.